The van der Waals surface area contributed by atoms with E-state index in [1.807, 2.05) is 0 Å². The normalized spacial score (nSPS) is 21.3. The molecule has 0 aromatic heterocycles. The van der Waals surface area contributed by atoms with Crippen molar-refractivity contribution < 1.29 is 18.0 Å². The first-order chi connectivity index (χ1) is 10.4. The molecule has 1 aliphatic rings. The van der Waals surface area contributed by atoms with Gasteiger partial charge in [0.2, 0.25) is 0 Å². The summed E-state index contributed by atoms with van der Waals surface area (Å²) in [5.41, 5.74) is 4.54. The number of anilines is 1. The summed E-state index contributed by atoms with van der Waals surface area (Å²) in [5, 5.41) is 3.69. The summed E-state index contributed by atoms with van der Waals surface area (Å²) in [6.07, 6.45) is -4.95. The van der Waals surface area contributed by atoms with E-state index in [-0.39, 0.29) is 17.7 Å². The molecule has 0 amide bonds. The molecular formula is C16H13F3N2O. The van der Waals surface area contributed by atoms with Crippen molar-refractivity contribution in [3.8, 4) is 0 Å². The molecule has 114 valence electrons. The Balaban J connectivity index is 1.98. The number of hydrogen-bond acceptors (Lipinski definition) is 3. The zero-order valence-corrected chi connectivity index (χ0v) is 11.5. The number of nitrogen functional groups attached to an aromatic ring is 1. The van der Waals surface area contributed by atoms with Crippen LogP contribution in [0.15, 0.2) is 59.8 Å². The second-order valence-corrected chi connectivity index (χ2v) is 5.12. The number of alkyl halides is 3. The third-order valence-electron chi connectivity index (χ3n) is 3.67. The van der Waals surface area contributed by atoms with Gasteiger partial charge in [-0.1, -0.05) is 47.6 Å². The van der Waals surface area contributed by atoms with Crippen molar-refractivity contribution >= 4 is 11.4 Å². The lowest BCUT2D eigenvalue weighted by molar-refractivity contribution is -0.275. The monoisotopic (exact) mass is 306 g/mol. The summed E-state index contributed by atoms with van der Waals surface area (Å²) in [5.74, 6) is 0. The topological polar surface area (TPSA) is 47.6 Å². The molecule has 2 aromatic rings. The van der Waals surface area contributed by atoms with Crippen molar-refractivity contribution in [2.45, 2.75) is 18.2 Å². The predicted molar refractivity (Wildman–Crippen MR) is 77.3 cm³/mol. The van der Waals surface area contributed by atoms with E-state index in [0.29, 0.717) is 11.3 Å². The Hall–Kier alpha value is -2.50. The number of hydrogen-bond donors (Lipinski definition) is 1. The molecule has 3 rings (SSSR count). The second-order valence-electron chi connectivity index (χ2n) is 5.12. The summed E-state index contributed by atoms with van der Waals surface area (Å²) in [6.45, 7) is 0. The Bertz CT molecular complexity index is 696. The van der Waals surface area contributed by atoms with Crippen LogP contribution in [0.1, 0.15) is 17.5 Å². The highest BCUT2D eigenvalue weighted by atomic mass is 19.4. The van der Waals surface area contributed by atoms with E-state index in [4.69, 9.17) is 10.6 Å². The van der Waals surface area contributed by atoms with Crippen molar-refractivity contribution in [3.63, 3.8) is 0 Å². The first-order valence-corrected chi connectivity index (χ1v) is 6.66. The first-order valence-electron chi connectivity index (χ1n) is 6.66. The molecule has 0 saturated heterocycles. The lowest BCUT2D eigenvalue weighted by Gasteiger charge is -2.29. The maximum Gasteiger partial charge on any atom is 0.435 e. The lowest BCUT2D eigenvalue weighted by Crippen LogP contribution is -2.42. The van der Waals surface area contributed by atoms with Crippen LogP contribution in [0.2, 0.25) is 0 Å². The average molecular weight is 306 g/mol. The van der Waals surface area contributed by atoms with Crippen molar-refractivity contribution in [2.75, 3.05) is 5.73 Å². The Kier molecular flexibility index (Phi) is 3.31. The van der Waals surface area contributed by atoms with Crippen LogP contribution in [0, 0.1) is 0 Å². The van der Waals surface area contributed by atoms with Crippen LogP contribution in [0.4, 0.5) is 18.9 Å². The second kappa shape index (κ2) is 5.05. The molecule has 3 nitrogen and oxygen atoms in total. The number of benzene rings is 2. The first kappa shape index (κ1) is 14.4. The Morgan fingerprint density at radius 3 is 2.23 bits per heavy atom. The van der Waals surface area contributed by atoms with Gasteiger partial charge in [0.25, 0.3) is 5.60 Å². The third kappa shape index (κ3) is 2.30. The quantitative estimate of drug-likeness (QED) is 0.857. The average Bonchev–Trinajstić information content (AvgIpc) is 2.95. The van der Waals surface area contributed by atoms with Crippen LogP contribution in [0.3, 0.4) is 0 Å². The number of rotatable bonds is 2. The highest BCUT2D eigenvalue weighted by Gasteiger charge is 2.62. The summed E-state index contributed by atoms with van der Waals surface area (Å²) < 4.78 is 40.9. The Morgan fingerprint density at radius 1 is 1.00 bits per heavy atom. The molecule has 2 aromatic carbocycles. The van der Waals surface area contributed by atoms with Crippen LogP contribution in [-0.2, 0) is 10.4 Å². The summed E-state index contributed by atoms with van der Waals surface area (Å²) in [4.78, 5) is 4.92. The van der Waals surface area contributed by atoms with Gasteiger partial charge in [0.1, 0.15) is 0 Å². The number of nitrogens with zero attached hydrogens (tertiary/aromatic N) is 1. The number of nitrogens with two attached hydrogens (primary N) is 1. The minimum atomic E-state index is -4.58. The van der Waals surface area contributed by atoms with Crippen LogP contribution in [0.5, 0.6) is 0 Å². The SMILES string of the molecule is Nc1ccc(C2=NOC(c3ccccc3)(C(F)(F)F)C2)cc1. The smallest absolute Gasteiger partial charge is 0.399 e. The molecule has 1 aliphatic heterocycles. The molecule has 0 saturated carbocycles. The van der Waals surface area contributed by atoms with Crippen molar-refractivity contribution in [1.29, 1.82) is 0 Å². The number of oxime groups is 1. The highest BCUT2D eigenvalue weighted by molar-refractivity contribution is 6.02. The van der Waals surface area contributed by atoms with Gasteiger partial charge in [-0.15, -0.1) is 0 Å². The van der Waals surface area contributed by atoms with Crippen molar-refractivity contribution in [3.05, 3.63) is 65.7 Å². The van der Waals surface area contributed by atoms with E-state index in [2.05, 4.69) is 5.16 Å². The molecule has 2 N–H and O–H groups in total. The van der Waals surface area contributed by atoms with E-state index in [1.165, 1.54) is 12.1 Å². The van der Waals surface area contributed by atoms with Gasteiger partial charge in [-0.3, -0.25) is 0 Å². The van der Waals surface area contributed by atoms with E-state index in [0.717, 1.165) is 0 Å². The van der Waals surface area contributed by atoms with Crippen molar-refractivity contribution in [2.24, 2.45) is 5.16 Å². The van der Waals surface area contributed by atoms with Crippen molar-refractivity contribution in [1.82, 2.24) is 0 Å². The largest absolute Gasteiger partial charge is 0.435 e. The van der Waals surface area contributed by atoms with E-state index in [9.17, 15) is 13.2 Å². The van der Waals surface area contributed by atoms with Gasteiger partial charge in [0.05, 0.1) is 5.71 Å². The van der Waals surface area contributed by atoms with E-state index >= 15 is 0 Å². The van der Waals surface area contributed by atoms with Gasteiger partial charge in [0.15, 0.2) is 0 Å². The molecule has 6 heteroatoms. The zero-order chi connectivity index (χ0) is 15.8. The highest BCUT2D eigenvalue weighted by Crippen LogP contribution is 2.48. The third-order valence-corrected chi connectivity index (χ3v) is 3.67. The van der Waals surface area contributed by atoms with Gasteiger partial charge in [-0.25, -0.2) is 0 Å². The predicted octanol–water partition coefficient (Wildman–Crippen LogP) is 3.85. The standard InChI is InChI=1S/C16H13F3N2O/c17-16(18,19)15(12-4-2-1-3-5-12)10-14(21-22-15)11-6-8-13(20)9-7-11/h1-9H,10,20H2. The minimum absolute atomic E-state index is 0.0386. The molecule has 1 unspecified atom stereocenters. The Labute approximate surface area is 125 Å². The lowest BCUT2D eigenvalue weighted by atomic mass is 9.86. The molecule has 22 heavy (non-hydrogen) atoms. The minimum Gasteiger partial charge on any atom is -0.399 e. The van der Waals surface area contributed by atoms with Gasteiger partial charge < -0.3 is 10.6 Å². The maximum absolute atomic E-state index is 13.6. The molecule has 1 atom stereocenters. The molecule has 0 aliphatic carbocycles. The van der Waals surface area contributed by atoms with Gasteiger partial charge in [0, 0.05) is 17.7 Å². The van der Waals surface area contributed by atoms with Gasteiger partial charge in [-0.2, -0.15) is 13.2 Å². The molecular weight excluding hydrogens is 293 g/mol. The van der Waals surface area contributed by atoms with E-state index < -0.39 is 11.8 Å². The van der Waals surface area contributed by atoms with Crippen LogP contribution >= 0.6 is 0 Å². The fourth-order valence-electron chi connectivity index (χ4n) is 2.44. The van der Waals surface area contributed by atoms with Gasteiger partial charge in [-0.05, 0) is 17.7 Å². The van der Waals surface area contributed by atoms with Crippen LogP contribution in [-0.4, -0.2) is 11.9 Å². The molecule has 1 heterocycles. The van der Waals surface area contributed by atoms with Crippen LogP contribution < -0.4 is 5.73 Å². The molecule has 0 spiro atoms. The summed E-state index contributed by atoms with van der Waals surface area (Å²) >= 11 is 0. The molecule has 0 radical (unpaired) electrons. The fourth-order valence-corrected chi connectivity index (χ4v) is 2.44. The summed E-state index contributed by atoms with van der Waals surface area (Å²) in [7, 11) is 0. The van der Waals surface area contributed by atoms with Gasteiger partial charge >= 0.3 is 6.18 Å². The summed E-state index contributed by atoms with van der Waals surface area (Å²) in [6, 6.07) is 14.1. The van der Waals surface area contributed by atoms with E-state index in [1.54, 1.807) is 42.5 Å². The molecule has 0 fully saturated rings. The molecule has 0 bridgehead atoms. The van der Waals surface area contributed by atoms with Crippen LogP contribution in [0.25, 0.3) is 0 Å². The number of halogens is 3. The Morgan fingerprint density at radius 2 is 1.64 bits per heavy atom. The zero-order valence-electron chi connectivity index (χ0n) is 11.5. The fraction of sp³-hybridized carbons (Fsp3) is 0.188. The maximum atomic E-state index is 13.6.